The maximum Gasteiger partial charge on any atom is 0.234 e. The first-order valence-electron chi connectivity index (χ1n) is 5.57. The first-order valence-corrected chi connectivity index (χ1v) is 5.57. The Bertz CT molecular complexity index is 380. The van der Waals surface area contributed by atoms with Crippen LogP contribution in [0.2, 0.25) is 0 Å². The van der Waals surface area contributed by atoms with Crippen molar-refractivity contribution in [3.63, 3.8) is 0 Å². The zero-order valence-electron chi connectivity index (χ0n) is 10.4. The van der Waals surface area contributed by atoms with Gasteiger partial charge in [0, 0.05) is 12.6 Å². The van der Waals surface area contributed by atoms with Crippen LogP contribution in [0.1, 0.15) is 19.5 Å². The summed E-state index contributed by atoms with van der Waals surface area (Å²) in [6, 6.07) is 5.16. The number of amides is 1. The second-order valence-corrected chi connectivity index (χ2v) is 4.18. The molecule has 0 aliphatic heterocycles. The van der Waals surface area contributed by atoms with Crippen LogP contribution in [0.3, 0.4) is 0 Å². The van der Waals surface area contributed by atoms with Crippen molar-refractivity contribution < 1.29 is 9.53 Å². The van der Waals surface area contributed by atoms with Gasteiger partial charge in [0.25, 0.3) is 0 Å². The molecule has 0 aliphatic rings. The minimum absolute atomic E-state index is 0.151. The smallest absolute Gasteiger partial charge is 0.234 e. The van der Waals surface area contributed by atoms with E-state index in [1.807, 2.05) is 26.0 Å². The first kappa shape index (κ1) is 13.4. The maximum atomic E-state index is 11.2. The average Bonchev–Trinajstić information content (AvgIpc) is 2.28. The number of primary amides is 1. The average molecular weight is 237 g/mol. The monoisotopic (exact) mass is 237 g/mol. The number of carbonyl (C=O) groups is 1. The summed E-state index contributed by atoms with van der Waals surface area (Å²) in [7, 11) is 1.57. The molecule has 0 bridgehead atoms. The van der Waals surface area contributed by atoms with Crippen molar-refractivity contribution in [3.8, 4) is 5.88 Å². The van der Waals surface area contributed by atoms with Gasteiger partial charge in [-0.25, -0.2) is 4.98 Å². The molecule has 5 heteroatoms. The summed E-state index contributed by atoms with van der Waals surface area (Å²) in [5, 5.41) is 3.09. The highest BCUT2D eigenvalue weighted by molar-refractivity contribution is 5.80. The Morgan fingerprint density at radius 1 is 1.53 bits per heavy atom. The van der Waals surface area contributed by atoms with Gasteiger partial charge >= 0.3 is 0 Å². The molecule has 1 rings (SSSR count). The SMILES string of the molecule is COc1cccc(CNC(C(N)=O)C(C)C)n1. The number of methoxy groups -OCH3 is 1. The third-order valence-corrected chi connectivity index (χ3v) is 2.47. The largest absolute Gasteiger partial charge is 0.481 e. The highest BCUT2D eigenvalue weighted by atomic mass is 16.5. The number of aromatic nitrogens is 1. The molecule has 1 atom stereocenters. The Labute approximate surface area is 101 Å². The van der Waals surface area contributed by atoms with Crippen LogP contribution in [-0.2, 0) is 11.3 Å². The van der Waals surface area contributed by atoms with E-state index in [1.54, 1.807) is 13.2 Å². The lowest BCUT2D eigenvalue weighted by atomic mass is 10.0. The van der Waals surface area contributed by atoms with E-state index in [0.29, 0.717) is 12.4 Å². The molecule has 1 aromatic heterocycles. The second-order valence-electron chi connectivity index (χ2n) is 4.18. The molecule has 0 fully saturated rings. The maximum absolute atomic E-state index is 11.2. The summed E-state index contributed by atoms with van der Waals surface area (Å²) < 4.78 is 5.03. The van der Waals surface area contributed by atoms with Crippen LogP contribution in [0.4, 0.5) is 0 Å². The van der Waals surface area contributed by atoms with E-state index in [-0.39, 0.29) is 17.9 Å². The topological polar surface area (TPSA) is 77.2 Å². The van der Waals surface area contributed by atoms with Gasteiger partial charge in [-0.05, 0) is 12.0 Å². The van der Waals surface area contributed by atoms with Gasteiger partial charge in [0.2, 0.25) is 11.8 Å². The van der Waals surface area contributed by atoms with Crippen molar-refractivity contribution in [2.75, 3.05) is 7.11 Å². The van der Waals surface area contributed by atoms with E-state index >= 15 is 0 Å². The second kappa shape index (κ2) is 6.20. The lowest BCUT2D eigenvalue weighted by molar-refractivity contribution is -0.121. The minimum Gasteiger partial charge on any atom is -0.481 e. The van der Waals surface area contributed by atoms with Gasteiger partial charge < -0.3 is 10.5 Å². The van der Waals surface area contributed by atoms with Crippen molar-refractivity contribution in [1.29, 1.82) is 0 Å². The van der Waals surface area contributed by atoms with Crippen LogP contribution in [0.15, 0.2) is 18.2 Å². The molecule has 1 aromatic rings. The number of carbonyl (C=O) groups excluding carboxylic acids is 1. The Morgan fingerprint density at radius 3 is 2.76 bits per heavy atom. The zero-order valence-corrected chi connectivity index (χ0v) is 10.4. The summed E-state index contributed by atoms with van der Waals surface area (Å²) in [6.45, 7) is 4.38. The molecule has 0 aliphatic carbocycles. The zero-order chi connectivity index (χ0) is 12.8. The molecule has 5 nitrogen and oxygen atoms in total. The number of rotatable bonds is 6. The summed E-state index contributed by atoms with van der Waals surface area (Å²) in [5.41, 5.74) is 6.13. The lowest BCUT2D eigenvalue weighted by Gasteiger charge is -2.18. The van der Waals surface area contributed by atoms with Crippen molar-refractivity contribution in [2.45, 2.75) is 26.4 Å². The summed E-state index contributed by atoms with van der Waals surface area (Å²) in [5.74, 6) is 0.366. The van der Waals surface area contributed by atoms with Crippen LogP contribution in [0, 0.1) is 5.92 Å². The van der Waals surface area contributed by atoms with Crippen LogP contribution >= 0.6 is 0 Å². The van der Waals surface area contributed by atoms with E-state index in [2.05, 4.69) is 10.3 Å². The summed E-state index contributed by atoms with van der Waals surface area (Å²) >= 11 is 0. The van der Waals surface area contributed by atoms with Gasteiger partial charge in [0.1, 0.15) is 0 Å². The first-order chi connectivity index (χ1) is 8.04. The molecule has 17 heavy (non-hydrogen) atoms. The Morgan fingerprint density at radius 2 is 2.24 bits per heavy atom. The van der Waals surface area contributed by atoms with E-state index in [4.69, 9.17) is 10.5 Å². The third kappa shape index (κ3) is 4.03. The van der Waals surface area contributed by atoms with Crippen molar-refractivity contribution in [2.24, 2.45) is 11.7 Å². The number of nitrogens with two attached hydrogens (primary N) is 1. The molecule has 3 N–H and O–H groups in total. The van der Waals surface area contributed by atoms with E-state index in [9.17, 15) is 4.79 Å². The van der Waals surface area contributed by atoms with Crippen LogP contribution < -0.4 is 15.8 Å². The van der Waals surface area contributed by atoms with Crippen LogP contribution in [0.5, 0.6) is 5.88 Å². The number of nitrogens with zero attached hydrogens (tertiary/aromatic N) is 1. The van der Waals surface area contributed by atoms with E-state index in [1.165, 1.54) is 0 Å². The standard InChI is InChI=1S/C12H19N3O2/c1-8(2)11(12(13)16)14-7-9-5-4-6-10(15-9)17-3/h4-6,8,11,14H,7H2,1-3H3,(H2,13,16). The van der Waals surface area contributed by atoms with Gasteiger partial charge in [-0.1, -0.05) is 19.9 Å². The summed E-state index contributed by atoms with van der Waals surface area (Å²) in [6.07, 6.45) is 0. The number of pyridine rings is 1. The number of nitrogens with one attached hydrogen (secondary N) is 1. The Kier molecular flexibility index (Phi) is 4.90. The van der Waals surface area contributed by atoms with Crippen LogP contribution in [-0.4, -0.2) is 24.0 Å². The fraction of sp³-hybridized carbons (Fsp3) is 0.500. The van der Waals surface area contributed by atoms with Crippen molar-refractivity contribution in [1.82, 2.24) is 10.3 Å². The normalized spacial score (nSPS) is 12.5. The number of hydrogen-bond donors (Lipinski definition) is 2. The molecular formula is C12H19N3O2. The van der Waals surface area contributed by atoms with Crippen LogP contribution in [0.25, 0.3) is 0 Å². The van der Waals surface area contributed by atoms with Crippen molar-refractivity contribution in [3.05, 3.63) is 23.9 Å². The Hall–Kier alpha value is -1.62. The molecule has 0 saturated carbocycles. The molecule has 1 amide bonds. The van der Waals surface area contributed by atoms with Gasteiger partial charge in [-0.3, -0.25) is 10.1 Å². The number of hydrogen-bond acceptors (Lipinski definition) is 4. The van der Waals surface area contributed by atoms with Gasteiger partial charge in [0.05, 0.1) is 18.8 Å². The lowest BCUT2D eigenvalue weighted by Crippen LogP contribution is -2.44. The highest BCUT2D eigenvalue weighted by Crippen LogP contribution is 2.07. The quantitative estimate of drug-likeness (QED) is 0.763. The van der Waals surface area contributed by atoms with Gasteiger partial charge in [-0.15, -0.1) is 0 Å². The van der Waals surface area contributed by atoms with E-state index in [0.717, 1.165) is 5.69 Å². The van der Waals surface area contributed by atoms with Gasteiger partial charge in [0.15, 0.2) is 0 Å². The third-order valence-electron chi connectivity index (χ3n) is 2.47. The highest BCUT2D eigenvalue weighted by Gasteiger charge is 2.18. The predicted molar refractivity (Wildman–Crippen MR) is 65.4 cm³/mol. The minimum atomic E-state index is -0.345. The van der Waals surface area contributed by atoms with E-state index < -0.39 is 0 Å². The molecule has 1 unspecified atom stereocenters. The molecule has 1 heterocycles. The molecule has 0 aromatic carbocycles. The molecule has 0 spiro atoms. The molecule has 0 saturated heterocycles. The predicted octanol–water partition coefficient (Wildman–Crippen LogP) is 0.690. The Balaban J connectivity index is 2.62. The van der Waals surface area contributed by atoms with Gasteiger partial charge in [-0.2, -0.15) is 0 Å². The molecular weight excluding hydrogens is 218 g/mol. The fourth-order valence-corrected chi connectivity index (χ4v) is 1.55. The fourth-order valence-electron chi connectivity index (χ4n) is 1.55. The molecule has 0 radical (unpaired) electrons. The summed E-state index contributed by atoms with van der Waals surface area (Å²) in [4.78, 5) is 15.4. The molecule has 94 valence electrons. The number of ether oxygens (including phenoxy) is 1. The van der Waals surface area contributed by atoms with Crippen molar-refractivity contribution >= 4 is 5.91 Å².